The summed E-state index contributed by atoms with van der Waals surface area (Å²) in [6.07, 6.45) is 4.48. The molecule has 1 unspecified atom stereocenters. The van der Waals surface area contributed by atoms with Gasteiger partial charge in [0.1, 0.15) is 0 Å². The van der Waals surface area contributed by atoms with Gasteiger partial charge in [-0.05, 0) is 42.4 Å². The molecule has 1 aromatic carbocycles. The summed E-state index contributed by atoms with van der Waals surface area (Å²) in [7, 11) is -3.48. The van der Waals surface area contributed by atoms with Crippen LogP contribution in [0, 0.1) is 5.92 Å². The van der Waals surface area contributed by atoms with Crippen molar-refractivity contribution in [2.45, 2.75) is 56.4 Å². The highest BCUT2D eigenvalue weighted by atomic mass is 35.5. The molecule has 0 heterocycles. The van der Waals surface area contributed by atoms with Crippen LogP contribution in [-0.4, -0.2) is 21.0 Å². The summed E-state index contributed by atoms with van der Waals surface area (Å²) in [6.45, 7) is 4.53. The maximum atomic E-state index is 12.5. The van der Waals surface area contributed by atoms with Gasteiger partial charge in [-0.2, -0.15) is 0 Å². The van der Waals surface area contributed by atoms with Gasteiger partial charge in [0.15, 0.2) is 0 Å². The summed E-state index contributed by atoms with van der Waals surface area (Å²) in [6, 6.07) is 6.97. The zero-order chi connectivity index (χ0) is 15.5. The largest absolute Gasteiger partial charge is 0.329 e. The average molecular weight is 347 g/mol. The van der Waals surface area contributed by atoms with Crippen molar-refractivity contribution in [3.05, 3.63) is 29.8 Å². The lowest BCUT2D eigenvalue weighted by Gasteiger charge is -2.23. The Balaban J connectivity index is 0.00000242. The van der Waals surface area contributed by atoms with Gasteiger partial charge in [-0.3, -0.25) is 0 Å². The fraction of sp³-hybridized carbons (Fsp3) is 0.625. The third-order valence-corrected chi connectivity index (χ3v) is 5.89. The van der Waals surface area contributed by atoms with Crippen LogP contribution in [0.3, 0.4) is 0 Å². The van der Waals surface area contributed by atoms with Gasteiger partial charge in [0, 0.05) is 12.6 Å². The topological polar surface area (TPSA) is 72.2 Å². The van der Waals surface area contributed by atoms with E-state index in [2.05, 4.69) is 18.6 Å². The van der Waals surface area contributed by atoms with E-state index in [1.54, 1.807) is 12.1 Å². The summed E-state index contributed by atoms with van der Waals surface area (Å²) in [5.41, 5.74) is 6.91. The number of hydrogen-bond acceptors (Lipinski definition) is 3. The van der Waals surface area contributed by atoms with E-state index in [4.69, 9.17) is 5.73 Å². The van der Waals surface area contributed by atoms with Crippen LogP contribution in [0.5, 0.6) is 0 Å². The van der Waals surface area contributed by atoms with Gasteiger partial charge in [0.05, 0.1) is 4.90 Å². The fourth-order valence-electron chi connectivity index (χ4n) is 3.00. The lowest BCUT2D eigenvalue weighted by Crippen LogP contribution is -2.44. The van der Waals surface area contributed by atoms with Crippen LogP contribution in [-0.2, 0) is 10.0 Å². The summed E-state index contributed by atoms with van der Waals surface area (Å²) < 4.78 is 27.7. The molecule has 0 saturated heterocycles. The van der Waals surface area contributed by atoms with Crippen molar-refractivity contribution in [3.63, 3.8) is 0 Å². The van der Waals surface area contributed by atoms with E-state index >= 15 is 0 Å². The molecule has 1 aliphatic carbocycles. The number of benzene rings is 1. The number of hydrogen-bond donors (Lipinski definition) is 2. The van der Waals surface area contributed by atoms with Gasteiger partial charge in [-0.15, -0.1) is 12.4 Å². The first-order valence-corrected chi connectivity index (χ1v) is 9.24. The summed E-state index contributed by atoms with van der Waals surface area (Å²) in [4.78, 5) is 0.323. The fourth-order valence-corrected chi connectivity index (χ4v) is 4.31. The molecule has 6 heteroatoms. The molecule has 126 valence electrons. The van der Waals surface area contributed by atoms with Crippen molar-refractivity contribution in [3.8, 4) is 0 Å². The molecule has 0 bridgehead atoms. The van der Waals surface area contributed by atoms with Gasteiger partial charge < -0.3 is 5.73 Å². The summed E-state index contributed by atoms with van der Waals surface area (Å²) in [5.74, 6) is 0.768. The standard InChI is InChI=1S/C16H26N2O2S.ClH/c1-12(2)13-7-9-15(10-8-13)21(19,20)18-16(11-17)14-5-3-4-6-14;/h7-10,12,14,16,18H,3-6,11,17H2,1-2H3;1H. The first-order chi connectivity index (χ1) is 9.94. The molecule has 1 saturated carbocycles. The molecule has 0 spiro atoms. The molecule has 0 radical (unpaired) electrons. The first kappa shape index (κ1) is 19.4. The van der Waals surface area contributed by atoms with E-state index in [0.29, 0.717) is 23.3 Å². The Morgan fingerprint density at radius 3 is 2.18 bits per heavy atom. The molecule has 2 rings (SSSR count). The van der Waals surface area contributed by atoms with Gasteiger partial charge in [0.25, 0.3) is 0 Å². The molecule has 4 nitrogen and oxygen atoms in total. The van der Waals surface area contributed by atoms with Gasteiger partial charge in [0.2, 0.25) is 10.0 Å². The number of halogens is 1. The SMILES string of the molecule is CC(C)c1ccc(S(=O)(=O)NC(CN)C2CCCC2)cc1.Cl. The third-order valence-electron chi connectivity index (χ3n) is 4.39. The Kier molecular flexibility index (Phi) is 7.32. The average Bonchev–Trinajstić information content (AvgIpc) is 2.99. The monoisotopic (exact) mass is 346 g/mol. The minimum Gasteiger partial charge on any atom is -0.329 e. The first-order valence-electron chi connectivity index (χ1n) is 7.76. The Bertz CT molecular complexity index is 552. The van der Waals surface area contributed by atoms with Crippen LogP contribution < -0.4 is 10.5 Å². The summed E-state index contributed by atoms with van der Waals surface area (Å²) >= 11 is 0. The molecule has 0 amide bonds. The zero-order valence-electron chi connectivity index (χ0n) is 13.3. The van der Waals surface area contributed by atoms with Crippen LogP contribution in [0.2, 0.25) is 0 Å². The molecular formula is C16H27ClN2O2S. The van der Waals surface area contributed by atoms with Crippen LogP contribution in [0.1, 0.15) is 51.0 Å². The van der Waals surface area contributed by atoms with Crippen LogP contribution >= 0.6 is 12.4 Å². The molecule has 3 N–H and O–H groups in total. The smallest absolute Gasteiger partial charge is 0.240 e. The highest BCUT2D eigenvalue weighted by molar-refractivity contribution is 7.89. The van der Waals surface area contributed by atoms with Crippen LogP contribution in [0.25, 0.3) is 0 Å². The second-order valence-electron chi connectivity index (χ2n) is 6.23. The minimum absolute atomic E-state index is 0. The van der Waals surface area contributed by atoms with Gasteiger partial charge in [-0.1, -0.05) is 38.8 Å². The predicted molar refractivity (Wildman–Crippen MR) is 92.9 cm³/mol. The Hall–Kier alpha value is -0.620. The zero-order valence-corrected chi connectivity index (χ0v) is 14.9. The van der Waals surface area contributed by atoms with E-state index in [1.807, 2.05) is 12.1 Å². The molecule has 22 heavy (non-hydrogen) atoms. The van der Waals surface area contributed by atoms with Crippen molar-refractivity contribution in [1.82, 2.24) is 4.72 Å². The Labute approximate surface area is 140 Å². The van der Waals surface area contributed by atoms with Crippen molar-refractivity contribution in [1.29, 1.82) is 0 Å². The van der Waals surface area contributed by atoms with Crippen LogP contribution in [0.4, 0.5) is 0 Å². The maximum Gasteiger partial charge on any atom is 0.240 e. The quantitative estimate of drug-likeness (QED) is 0.831. The molecule has 0 aromatic heterocycles. The second kappa shape index (κ2) is 8.29. The number of rotatable bonds is 6. The molecule has 0 aliphatic heterocycles. The number of sulfonamides is 1. The lowest BCUT2D eigenvalue weighted by molar-refractivity contribution is 0.405. The van der Waals surface area contributed by atoms with Crippen molar-refractivity contribution >= 4 is 22.4 Å². The second-order valence-corrected chi connectivity index (χ2v) is 7.95. The summed E-state index contributed by atoms with van der Waals surface area (Å²) in [5, 5.41) is 0. The minimum atomic E-state index is -3.48. The lowest BCUT2D eigenvalue weighted by atomic mass is 9.99. The van der Waals surface area contributed by atoms with E-state index < -0.39 is 10.0 Å². The molecular weight excluding hydrogens is 320 g/mol. The molecule has 1 aromatic rings. The predicted octanol–water partition coefficient (Wildman–Crippen LogP) is 3.03. The Morgan fingerprint density at radius 1 is 1.18 bits per heavy atom. The highest BCUT2D eigenvalue weighted by Gasteiger charge is 2.28. The number of nitrogens with one attached hydrogen (secondary N) is 1. The van der Waals surface area contributed by atoms with Crippen LogP contribution in [0.15, 0.2) is 29.2 Å². The van der Waals surface area contributed by atoms with E-state index in [-0.39, 0.29) is 18.4 Å². The van der Waals surface area contributed by atoms with E-state index in [1.165, 1.54) is 12.8 Å². The van der Waals surface area contributed by atoms with E-state index in [0.717, 1.165) is 18.4 Å². The van der Waals surface area contributed by atoms with E-state index in [9.17, 15) is 8.42 Å². The highest BCUT2D eigenvalue weighted by Crippen LogP contribution is 2.28. The molecule has 1 atom stereocenters. The van der Waals surface area contributed by atoms with Crippen molar-refractivity contribution in [2.75, 3.05) is 6.54 Å². The van der Waals surface area contributed by atoms with Crippen molar-refractivity contribution < 1.29 is 8.42 Å². The van der Waals surface area contributed by atoms with Gasteiger partial charge in [-0.25, -0.2) is 13.1 Å². The Morgan fingerprint density at radius 2 is 1.73 bits per heavy atom. The maximum absolute atomic E-state index is 12.5. The molecule has 1 aliphatic rings. The third kappa shape index (κ3) is 4.69. The van der Waals surface area contributed by atoms with Gasteiger partial charge >= 0.3 is 0 Å². The molecule has 1 fully saturated rings. The number of nitrogens with two attached hydrogens (primary N) is 1. The normalized spacial score (nSPS) is 17.5. The van der Waals surface area contributed by atoms with Crippen molar-refractivity contribution in [2.24, 2.45) is 11.7 Å².